The summed E-state index contributed by atoms with van der Waals surface area (Å²) in [4.78, 5) is 5.61. The molecule has 3 rings (SSSR count). The second kappa shape index (κ2) is 35.4. The summed E-state index contributed by atoms with van der Waals surface area (Å²) in [6.45, 7) is 9.37. The number of hydrogen-bond acceptors (Lipinski definition) is 2. The lowest BCUT2D eigenvalue weighted by atomic mass is 9.78. The Hall–Kier alpha value is -2.22. The molecule has 0 saturated heterocycles. The standard InChI is InChI=1S/C57H98N2/c1-4-7-9-11-13-15-17-19-21-23-25-27-29-31-33-35-43-49-58-51-52-59(50-44-36-34-32-30-28-26-24-22-20-18-16-14-12-10-8-5-2)57(58,53-54-45-39-37-40-46-54)56(6-3)55-47-41-38-42-48-55/h37-42,45-48,51-52,56H,4-36,43-44,49-50,53H2,1-3H3. The normalized spacial score (nSPS) is 14.2. The molecule has 1 aliphatic rings. The van der Waals surface area contributed by atoms with E-state index in [-0.39, 0.29) is 5.66 Å². The highest BCUT2D eigenvalue weighted by atomic mass is 15.4. The molecule has 0 amide bonds. The van der Waals surface area contributed by atoms with Crippen LogP contribution in [0.3, 0.4) is 0 Å². The van der Waals surface area contributed by atoms with E-state index in [0.29, 0.717) is 5.92 Å². The zero-order chi connectivity index (χ0) is 41.7. The summed E-state index contributed by atoms with van der Waals surface area (Å²) in [6.07, 6.45) is 55.7. The van der Waals surface area contributed by atoms with E-state index in [0.717, 1.165) is 25.9 Å². The molecule has 336 valence electrons. The van der Waals surface area contributed by atoms with Crippen LogP contribution < -0.4 is 0 Å². The second-order valence-electron chi connectivity index (χ2n) is 18.9. The molecule has 1 aliphatic heterocycles. The smallest absolute Gasteiger partial charge is 0.123 e. The van der Waals surface area contributed by atoms with Crippen molar-refractivity contribution >= 4 is 0 Å². The topological polar surface area (TPSA) is 6.48 Å². The summed E-state index contributed by atoms with van der Waals surface area (Å²) in [5.74, 6) is 0.440. The third-order valence-corrected chi connectivity index (χ3v) is 13.9. The van der Waals surface area contributed by atoms with Crippen molar-refractivity contribution < 1.29 is 0 Å². The van der Waals surface area contributed by atoms with Gasteiger partial charge in [-0.3, -0.25) is 0 Å². The first-order valence-corrected chi connectivity index (χ1v) is 26.6. The fourth-order valence-electron chi connectivity index (χ4n) is 10.3. The molecule has 1 unspecified atom stereocenters. The minimum absolute atomic E-state index is 0.0679. The van der Waals surface area contributed by atoms with Crippen LogP contribution in [-0.4, -0.2) is 28.6 Å². The van der Waals surface area contributed by atoms with Crippen molar-refractivity contribution in [3.63, 3.8) is 0 Å². The van der Waals surface area contributed by atoms with E-state index < -0.39 is 0 Å². The lowest BCUT2D eigenvalue weighted by Gasteiger charge is -2.51. The molecule has 2 nitrogen and oxygen atoms in total. The van der Waals surface area contributed by atoms with Gasteiger partial charge in [0.1, 0.15) is 5.66 Å². The Balaban J connectivity index is 1.42. The molecule has 2 aromatic carbocycles. The highest BCUT2D eigenvalue weighted by molar-refractivity contribution is 5.30. The highest BCUT2D eigenvalue weighted by Crippen LogP contribution is 2.45. The zero-order valence-electron chi connectivity index (χ0n) is 39.8. The number of unbranched alkanes of at least 4 members (excludes halogenated alkanes) is 32. The molecule has 59 heavy (non-hydrogen) atoms. The van der Waals surface area contributed by atoms with E-state index in [1.807, 2.05) is 0 Å². The molecule has 0 aromatic heterocycles. The molecule has 2 heteroatoms. The molecule has 1 atom stereocenters. The van der Waals surface area contributed by atoms with Crippen LogP contribution >= 0.6 is 0 Å². The van der Waals surface area contributed by atoms with Crippen molar-refractivity contribution in [1.29, 1.82) is 0 Å². The van der Waals surface area contributed by atoms with Crippen molar-refractivity contribution in [3.05, 3.63) is 84.2 Å². The van der Waals surface area contributed by atoms with Gasteiger partial charge in [-0.2, -0.15) is 0 Å². The van der Waals surface area contributed by atoms with Crippen LogP contribution in [0.2, 0.25) is 0 Å². The van der Waals surface area contributed by atoms with Gasteiger partial charge in [0.15, 0.2) is 0 Å². The Morgan fingerprint density at radius 2 is 0.644 bits per heavy atom. The van der Waals surface area contributed by atoms with E-state index in [9.17, 15) is 0 Å². The summed E-state index contributed by atoms with van der Waals surface area (Å²) in [7, 11) is 0. The van der Waals surface area contributed by atoms with Gasteiger partial charge in [-0.25, -0.2) is 0 Å². The van der Waals surface area contributed by atoms with Crippen molar-refractivity contribution in [3.8, 4) is 0 Å². The third kappa shape index (κ3) is 21.9. The van der Waals surface area contributed by atoms with Gasteiger partial charge in [-0.15, -0.1) is 0 Å². The van der Waals surface area contributed by atoms with Gasteiger partial charge in [-0.05, 0) is 30.4 Å². The van der Waals surface area contributed by atoms with E-state index in [1.54, 1.807) is 0 Å². The zero-order valence-corrected chi connectivity index (χ0v) is 39.8. The molecule has 0 saturated carbocycles. The quantitative estimate of drug-likeness (QED) is 0.0617. The predicted molar refractivity (Wildman–Crippen MR) is 263 cm³/mol. The first-order valence-electron chi connectivity index (χ1n) is 26.6. The maximum absolute atomic E-state index is 2.81. The fraction of sp³-hybridized carbons (Fsp3) is 0.754. The van der Waals surface area contributed by atoms with Crippen LogP contribution in [0.5, 0.6) is 0 Å². The van der Waals surface area contributed by atoms with Crippen molar-refractivity contribution in [1.82, 2.24) is 9.80 Å². The van der Waals surface area contributed by atoms with Crippen molar-refractivity contribution in [2.24, 2.45) is 0 Å². The van der Waals surface area contributed by atoms with Gasteiger partial charge in [-0.1, -0.05) is 287 Å². The maximum atomic E-state index is 2.81. The van der Waals surface area contributed by atoms with Crippen LogP contribution in [0.15, 0.2) is 73.1 Å². The van der Waals surface area contributed by atoms with Crippen LogP contribution in [0.1, 0.15) is 263 Å². The molecule has 1 heterocycles. The Labute approximate surface area is 369 Å². The van der Waals surface area contributed by atoms with E-state index in [4.69, 9.17) is 0 Å². The Morgan fingerprint density at radius 3 is 0.949 bits per heavy atom. The van der Waals surface area contributed by atoms with Gasteiger partial charge >= 0.3 is 0 Å². The van der Waals surface area contributed by atoms with Crippen LogP contribution in [0.4, 0.5) is 0 Å². The summed E-state index contributed by atoms with van der Waals surface area (Å²) < 4.78 is 0. The first-order chi connectivity index (χ1) is 29.3. The molecular weight excluding hydrogens is 713 g/mol. The average molecular weight is 811 g/mol. The molecule has 0 bridgehead atoms. The number of nitrogens with zero attached hydrogens (tertiary/aromatic N) is 2. The van der Waals surface area contributed by atoms with E-state index in [2.05, 4.69) is 104 Å². The summed E-state index contributed by atoms with van der Waals surface area (Å²) in [5, 5.41) is 0. The third-order valence-electron chi connectivity index (χ3n) is 13.9. The number of benzene rings is 2. The molecular formula is C57H98N2. The van der Waals surface area contributed by atoms with E-state index in [1.165, 1.54) is 229 Å². The lowest BCUT2D eigenvalue weighted by molar-refractivity contribution is -0.00378. The summed E-state index contributed by atoms with van der Waals surface area (Å²) >= 11 is 0. The monoisotopic (exact) mass is 811 g/mol. The van der Waals surface area contributed by atoms with Crippen LogP contribution in [-0.2, 0) is 6.42 Å². The van der Waals surface area contributed by atoms with Gasteiger partial charge in [0.05, 0.1) is 0 Å². The predicted octanol–water partition coefficient (Wildman–Crippen LogP) is 18.5. The molecule has 0 radical (unpaired) electrons. The number of rotatable bonds is 41. The first kappa shape index (κ1) is 51.1. The van der Waals surface area contributed by atoms with E-state index >= 15 is 0 Å². The molecule has 0 aliphatic carbocycles. The second-order valence-corrected chi connectivity index (χ2v) is 18.9. The lowest BCUT2D eigenvalue weighted by Crippen LogP contribution is -2.59. The molecule has 0 fully saturated rings. The molecule has 0 spiro atoms. The largest absolute Gasteiger partial charge is 0.353 e. The summed E-state index contributed by atoms with van der Waals surface area (Å²) in [6, 6.07) is 22.9. The Morgan fingerprint density at radius 1 is 0.356 bits per heavy atom. The van der Waals surface area contributed by atoms with Gasteiger partial charge < -0.3 is 9.80 Å². The van der Waals surface area contributed by atoms with Crippen molar-refractivity contribution in [2.75, 3.05) is 13.1 Å². The van der Waals surface area contributed by atoms with Gasteiger partial charge in [0, 0.05) is 37.8 Å². The summed E-state index contributed by atoms with van der Waals surface area (Å²) in [5.41, 5.74) is 2.89. The van der Waals surface area contributed by atoms with Crippen LogP contribution in [0, 0.1) is 0 Å². The van der Waals surface area contributed by atoms with Gasteiger partial charge in [0.25, 0.3) is 0 Å². The fourth-order valence-corrected chi connectivity index (χ4v) is 10.3. The minimum Gasteiger partial charge on any atom is -0.353 e. The van der Waals surface area contributed by atoms with Crippen LogP contribution in [0.25, 0.3) is 0 Å². The Kier molecular flexibility index (Phi) is 30.7. The molecule has 2 aromatic rings. The Bertz CT molecular complexity index is 1160. The highest BCUT2D eigenvalue weighted by Gasteiger charge is 2.49. The minimum atomic E-state index is -0.0679. The van der Waals surface area contributed by atoms with Crippen molar-refractivity contribution in [2.45, 2.75) is 264 Å². The number of hydrogen-bond donors (Lipinski definition) is 0. The SMILES string of the molecule is CCCCCCCCCCCCCCCCCCCN1C=CN(CCCCCCCCCCCCCCCCCCC)C1(Cc1ccccc1)C(CC)c1ccccc1. The van der Waals surface area contributed by atoms with Gasteiger partial charge in [0.2, 0.25) is 0 Å². The average Bonchev–Trinajstić information content (AvgIpc) is 3.59. The molecule has 0 N–H and O–H groups in total. The maximum Gasteiger partial charge on any atom is 0.123 e.